The molecule has 0 aliphatic heterocycles. The number of carbonyl (C=O) groups excluding carboxylic acids is 1. The van der Waals surface area contributed by atoms with Crippen molar-refractivity contribution in [3.05, 3.63) is 64.4 Å². The van der Waals surface area contributed by atoms with Crippen molar-refractivity contribution >= 4 is 23.6 Å². The third-order valence-electron chi connectivity index (χ3n) is 3.44. The molecule has 1 atom stereocenters. The lowest BCUT2D eigenvalue weighted by atomic mass is 10.0. The van der Waals surface area contributed by atoms with Crippen LogP contribution in [0.5, 0.6) is 0 Å². The summed E-state index contributed by atoms with van der Waals surface area (Å²) < 4.78 is 13.9. The van der Waals surface area contributed by atoms with Gasteiger partial charge in [-0.25, -0.2) is 4.39 Å². The van der Waals surface area contributed by atoms with E-state index in [0.29, 0.717) is 21.8 Å². The van der Waals surface area contributed by atoms with E-state index in [1.165, 1.54) is 6.07 Å². The van der Waals surface area contributed by atoms with Gasteiger partial charge in [0.2, 0.25) is 0 Å². The molecule has 0 radical (unpaired) electrons. The second kappa shape index (κ2) is 6.06. The fourth-order valence-electron chi connectivity index (χ4n) is 2.15. The van der Waals surface area contributed by atoms with Crippen molar-refractivity contribution in [2.75, 3.05) is 11.9 Å². The van der Waals surface area contributed by atoms with E-state index >= 15 is 0 Å². The molecule has 1 unspecified atom stereocenters. The normalized spacial score (nSPS) is 12.0. The average molecular weight is 292 g/mol. The van der Waals surface area contributed by atoms with Gasteiger partial charge in [0.25, 0.3) is 0 Å². The van der Waals surface area contributed by atoms with Crippen molar-refractivity contribution in [3.8, 4) is 0 Å². The standard InChI is InChI=1S/C16H15ClFNO/c1-11(14-5-3-4-6-15(14)18)19(2)16-9-13(17)8-7-12(16)10-20/h3-11H,1-2H3. The Morgan fingerprint density at radius 1 is 1.25 bits per heavy atom. The van der Waals surface area contributed by atoms with Crippen molar-refractivity contribution in [2.24, 2.45) is 0 Å². The number of hydrogen-bond acceptors (Lipinski definition) is 2. The minimum atomic E-state index is -0.262. The number of halogens is 2. The van der Waals surface area contributed by atoms with Crippen LogP contribution in [0.15, 0.2) is 42.5 Å². The van der Waals surface area contributed by atoms with Gasteiger partial charge >= 0.3 is 0 Å². The molecule has 0 aliphatic rings. The summed E-state index contributed by atoms with van der Waals surface area (Å²) in [6.07, 6.45) is 0.774. The van der Waals surface area contributed by atoms with Crippen LogP contribution in [0, 0.1) is 5.82 Å². The van der Waals surface area contributed by atoms with Crippen LogP contribution in [-0.4, -0.2) is 13.3 Å². The van der Waals surface area contributed by atoms with Gasteiger partial charge in [-0.15, -0.1) is 0 Å². The van der Waals surface area contributed by atoms with E-state index in [0.717, 1.165) is 6.29 Å². The van der Waals surface area contributed by atoms with E-state index < -0.39 is 0 Å². The zero-order valence-electron chi connectivity index (χ0n) is 11.3. The van der Waals surface area contributed by atoms with E-state index in [9.17, 15) is 9.18 Å². The highest BCUT2D eigenvalue weighted by Crippen LogP contribution is 2.30. The smallest absolute Gasteiger partial charge is 0.152 e. The molecule has 0 saturated carbocycles. The van der Waals surface area contributed by atoms with Gasteiger partial charge in [-0.1, -0.05) is 29.8 Å². The van der Waals surface area contributed by atoms with Gasteiger partial charge in [-0.3, -0.25) is 4.79 Å². The maximum atomic E-state index is 13.9. The molecule has 20 heavy (non-hydrogen) atoms. The van der Waals surface area contributed by atoms with E-state index in [2.05, 4.69) is 0 Å². The van der Waals surface area contributed by atoms with E-state index in [1.807, 2.05) is 18.9 Å². The van der Waals surface area contributed by atoms with Crippen LogP contribution in [0.1, 0.15) is 28.9 Å². The molecule has 2 rings (SSSR count). The predicted octanol–water partition coefficient (Wildman–Crippen LogP) is 4.49. The predicted molar refractivity (Wildman–Crippen MR) is 80.1 cm³/mol. The minimum absolute atomic E-state index is 0.214. The quantitative estimate of drug-likeness (QED) is 0.774. The molecule has 2 aromatic rings. The van der Waals surface area contributed by atoms with E-state index in [1.54, 1.807) is 36.4 Å². The molecule has 0 saturated heterocycles. The fourth-order valence-corrected chi connectivity index (χ4v) is 2.32. The van der Waals surface area contributed by atoms with Crippen LogP contribution in [-0.2, 0) is 0 Å². The second-order valence-electron chi connectivity index (χ2n) is 4.63. The summed E-state index contributed by atoms with van der Waals surface area (Å²) in [5.74, 6) is -0.262. The molecular weight excluding hydrogens is 277 g/mol. The minimum Gasteiger partial charge on any atom is -0.367 e. The SMILES string of the molecule is CC(c1ccccc1F)N(C)c1cc(Cl)ccc1C=O. The lowest BCUT2D eigenvalue weighted by molar-refractivity contribution is 0.112. The number of rotatable bonds is 4. The van der Waals surface area contributed by atoms with Crippen LogP contribution < -0.4 is 4.90 Å². The summed E-state index contributed by atoms with van der Waals surface area (Å²) in [6.45, 7) is 1.88. The van der Waals surface area contributed by atoms with Crippen molar-refractivity contribution in [1.82, 2.24) is 0 Å². The van der Waals surface area contributed by atoms with Gasteiger partial charge in [-0.2, -0.15) is 0 Å². The molecule has 4 heteroatoms. The first kappa shape index (κ1) is 14.5. The highest BCUT2D eigenvalue weighted by atomic mass is 35.5. The highest BCUT2D eigenvalue weighted by Gasteiger charge is 2.18. The summed E-state index contributed by atoms with van der Waals surface area (Å²) in [4.78, 5) is 13.0. The summed E-state index contributed by atoms with van der Waals surface area (Å²) in [5.41, 5.74) is 1.79. The van der Waals surface area contributed by atoms with Gasteiger partial charge in [-0.05, 0) is 31.2 Å². The van der Waals surface area contributed by atoms with Crippen LogP contribution in [0.3, 0.4) is 0 Å². The first-order chi connectivity index (χ1) is 9.54. The number of benzene rings is 2. The fraction of sp³-hybridized carbons (Fsp3) is 0.188. The highest BCUT2D eigenvalue weighted by molar-refractivity contribution is 6.31. The van der Waals surface area contributed by atoms with E-state index in [4.69, 9.17) is 11.6 Å². The first-order valence-corrected chi connectivity index (χ1v) is 6.64. The maximum Gasteiger partial charge on any atom is 0.152 e. The molecule has 0 heterocycles. The van der Waals surface area contributed by atoms with Crippen LogP contribution in [0.25, 0.3) is 0 Å². The van der Waals surface area contributed by atoms with Crippen LogP contribution in [0.2, 0.25) is 5.02 Å². The number of nitrogens with zero attached hydrogens (tertiary/aromatic N) is 1. The molecule has 0 bridgehead atoms. The second-order valence-corrected chi connectivity index (χ2v) is 5.07. The van der Waals surface area contributed by atoms with Gasteiger partial charge in [0, 0.05) is 28.9 Å². The van der Waals surface area contributed by atoms with Crippen molar-refractivity contribution in [3.63, 3.8) is 0 Å². The molecule has 0 N–H and O–H groups in total. The van der Waals surface area contributed by atoms with Gasteiger partial charge in [0.1, 0.15) is 5.82 Å². The summed E-state index contributed by atoms with van der Waals surface area (Å²) >= 11 is 5.98. The van der Waals surface area contributed by atoms with Crippen LogP contribution >= 0.6 is 11.6 Å². The molecule has 0 aliphatic carbocycles. The third-order valence-corrected chi connectivity index (χ3v) is 3.67. The number of aldehydes is 1. The Morgan fingerprint density at radius 3 is 2.60 bits per heavy atom. The molecule has 0 spiro atoms. The monoisotopic (exact) mass is 291 g/mol. The molecule has 2 aromatic carbocycles. The van der Waals surface area contributed by atoms with Gasteiger partial charge in [0.15, 0.2) is 6.29 Å². The molecule has 0 aromatic heterocycles. The maximum absolute atomic E-state index is 13.9. The summed E-state index contributed by atoms with van der Waals surface area (Å²) in [6, 6.07) is 11.4. The van der Waals surface area contributed by atoms with Gasteiger partial charge < -0.3 is 4.90 Å². The first-order valence-electron chi connectivity index (χ1n) is 6.26. The summed E-state index contributed by atoms with van der Waals surface area (Å²) in [5, 5.41) is 0.540. The van der Waals surface area contributed by atoms with Crippen molar-refractivity contribution in [2.45, 2.75) is 13.0 Å². The number of hydrogen-bond donors (Lipinski definition) is 0. The molecule has 0 fully saturated rings. The molecule has 0 amide bonds. The lowest BCUT2D eigenvalue weighted by Gasteiger charge is -2.29. The Balaban J connectivity index is 2.41. The Morgan fingerprint density at radius 2 is 1.95 bits per heavy atom. The van der Waals surface area contributed by atoms with Crippen molar-refractivity contribution < 1.29 is 9.18 Å². The van der Waals surface area contributed by atoms with Gasteiger partial charge in [0.05, 0.1) is 6.04 Å². The molecule has 2 nitrogen and oxygen atoms in total. The molecular formula is C16H15ClFNO. The summed E-state index contributed by atoms with van der Waals surface area (Å²) in [7, 11) is 1.82. The Hall–Kier alpha value is -1.87. The van der Waals surface area contributed by atoms with E-state index in [-0.39, 0.29) is 11.9 Å². The van der Waals surface area contributed by atoms with Crippen molar-refractivity contribution in [1.29, 1.82) is 0 Å². The largest absolute Gasteiger partial charge is 0.367 e. The number of anilines is 1. The Labute approximate surface area is 122 Å². The molecule has 104 valence electrons. The topological polar surface area (TPSA) is 20.3 Å². The van der Waals surface area contributed by atoms with Crippen LogP contribution in [0.4, 0.5) is 10.1 Å². The Kier molecular flexibility index (Phi) is 4.40. The number of carbonyl (C=O) groups is 1. The zero-order chi connectivity index (χ0) is 14.7. The third kappa shape index (κ3) is 2.83. The Bertz CT molecular complexity index is 630. The lowest BCUT2D eigenvalue weighted by Crippen LogP contribution is -2.23. The average Bonchev–Trinajstić information content (AvgIpc) is 2.46. The zero-order valence-corrected chi connectivity index (χ0v) is 12.1.